The first-order chi connectivity index (χ1) is 8.58. The van der Waals surface area contributed by atoms with Gasteiger partial charge in [-0.25, -0.2) is 0 Å². The molecule has 1 unspecified atom stereocenters. The smallest absolute Gasteiger partial charge is 0.150 e. The highest BCUT2D eigenvalue weighted by Gasteiger charge is 2.27. The van der Waals surface area contributed by atoms with Gasteiger partial charge in [-0.1, -0.05) is 13.8 Å². The molecule has 18 heavy (non-hydrogen) atoms. The summed E-state index contributed by atoms with van der Waals surface area (Å²) >= 11 is 0. The third kappa shape index (κ3) is 2.19. The van der Waals surface area contributed by atoms with Crippen LogP contribution in [-0.2, 0) is 13.5 Å². The Kier molecular flexibility index (Phi) is 3.80. The van der Waals surface area contributed by atoms with E-state index in [1.165, 1.54) is 6.42 Å². The van der Waals surface area contributed by atoms with E-state index < -0.39 is 0 Å². The van der Waals surface area contributed by atoms with Gasteiger partial charge in [-0.2, -0.15) is 5.10 Å². The zero-order chi connectivity index (χ0) is 13.3. The van der Waals surface area contributed by atoms with Crippen molar-refractivity contribution in [3.8, 4) is 0 Å². The number of likely N-dealkylation sites (N-methyl/N-ethyl adjacent to an activating group) is 1. The van der Waals surface area contributed by atoms with Crippen molar-refractivity contribution in [2.75, 3.05) is 37.3 Å². The average molecular weight is 251 g/mol. The van der Waals surface area contributed by atoms with E-state index in [9.17, 15) is 0 Å². The van der Waals surface area contributed by atoms with Crippen molar-refractivity contribution in [1.29, 1.82) is 0 Å². The lowest BCUT2D eigenvalue weighted by Gasteiger charge is -2.40. The number of aryl methyl sites for hydroxylation is 2. The Balaban J connectivity index is 2.24. The molecule has 2 rings (SSSR count). The van der Waals surface area contributed by atoms with Gasteiger partial charge in [0.2, 0.25) is 0 Å². The van der Waals surface area contributed by atoms with Crippen molar-refractivity contribution in [2.45, 2.75) is 32.7 Å². The van der Waals surface area contributed by atoms with E-state index in [2.05, 4.69) is 35.8 Å². The molecule has 0 saturated carbocycles. The lowest BCUT2D eigenvalue weighted by Crippen LogP contribution is -2.51. The van der Waals surface area contributed by atoms with E-state index in [4.69, 9.17) is 5.73 Å². The monoisotopic (exact) mass is 251 g/mol. The molecule has 0 spiro atoms. The van der Waals surface area contributed by atoms with Gasteiger partial charge in [0, 0.05) is 32.7 Å². The zero-order valence-electron chi connectivity index (χ0n) is 12.0. The Morgan fingerprint density at radius 2 is 2.00 bits per heavy atom. The van der Waals surface area contributed by atoms with Gasteiger partial charge < -0.3 is 10.6 Å². The number of hydrogen-bond donors (Lipinski definition) is 1. The first-order valence-corrected chi connectivity index (χ1v) is 6.85. The van der Waals surface area contributed by atoms with Gasteiger partial charge in [0.05, 0.1) is 11.4 Å². The van der Waals surface area contributed by atoms with Crippen molar-refractivity contribution >= 4 is 11.5 Å². The second kappa shape index (κ2) is 5.18. The largest absolute Gasteiger partial charge is 0.394 e. The van der Waals surface area contributed by atoms with Crippen LogP contribution in [0.1, 0.15) is 26.0 Å². The molecular formula is C13H25N5. The van der Waals surface area contributed by atoms with Crippen LogP contribution in [0.5, 0.6) is 0 Å². The molecule has 1 saturated heterocycles. The van der Waals surface area contributed by atoms with E-state index in [1.54, 1.807) is 0 Å². The van der Waals surface area contributed by atoms with Gasteiger partial charge in [0.15, 0.2) is 5.82 Å². The highest BCUT2D eigenvalue weighted by Crippen LogP contribution is 2.28. The molecule has 0 bridgehead atoms. The van der Waals surface area contributed by atoms with E-state index in [0.717, 1.165) is 43.3 Å². The average Bonchev–Trinajstić information content (AvgIpc) is 2.65. The minimum absolute atomic E-state index is 0.609. The molecule has 0 aromatic carbocycles. The zero-order valence-corrected chi connectivity index (χ0v) is 12.0. The van der Waals surface area contributed by atoms with Gasteiger partial charge in [-0.05, 0) is 19.9 Å². The molecule has 5 heteroatoms. The van der Waals surface area contributed by atoms with Gasteiger partial charge in [-0.3, -0.25) is 9.58 Å². The lowest BCUT2D eigenvalue weighted by atomic mass is 10.1. The Morgan fingerprint density at radius 3 is 2.56 bits per heavy atom. The van der Waals surface area contributed by atoms with E-state index in [-0.39, 0.29) is 0 Å². The molecular weight excluding hydrogens is 226 g/mol. The SMILES string of the molecule is CCc1nn(C)c(N2CCN(C)C(CC)C2)c1N. The van der Waals surface area contributed by atoms with Crippen LogP contribution in [0.25, 0.3) is 0 Å². The molecule has 1 aliphatic heterocycles. The van der Waals surface area contributed by atoms with Gasteiger partial charge in [-0.15, -0.1) is 0 Å². The van der Waals surface area contributed by atoms with Crippen LogP contribution in [-0.4, -0.2) is 47.4 Å². The van der Waals surface area contributed by atoms with Crippen LogP contribution in [0.15, 0.2) is 0 Å². The summed E-state index contributed by atoms with van der Waals surface area (Å²) in [7, 11) is 4.19. The number of piperazine rings is 1. The molecule has 0 amide bonds. The van der Waals surface area contributed by atoms with Crippen LogP contribution in [0, 0.1) is 0 Å². The normalized spacial score (nSPS) is 21.6. The highest BCUT2D eigenvalue weighted by molar-refractivity contribution is 5.66. The fraction of sp³-hybridized carbons (Fsp3) is 0.769. The maximum atomic E-state index is 6.23. The number of rotatable bonds is 3. The standard InChI is InChI=1S/C13H25N5/c1-5-10-9-18(8-7-16(10)3)13-12(14)11(6-2)15-17(13)4/h10H,5-9,14H2,1-4H3. The fourth-order valence-corrected chi connectivity index (χ4v) is 2.80. The predicted molar refractivity (Wildman–Crippen MR) is 75.9 cm³/mol. The molecule has 5 nitrogen and oxygen atoms in total. The number of nitrogens with two attached hydrogens (primary N) is 1. The van der Waals surface area contributed by atoms with Gasteiger partial charge in [0.25, 0.3) is 0 Å². The first-order valence-electron chi connectivity index (χ1n) is 6.85. The summed E-state index contributed by atoms with van der Waals surface area (Å²) in [5, 5.41) is 4.51. The summed E-state index contributed by atoms with van der Waals surface area (Å²) in [5.74, 6) is 1.10. The number of anilines is 2. The maximum Gasteiger partial charge on any atom is 0.150 e. The van der Waals surface area contributed by atoms with Crippen LogP contribution in [0.4, 0.5) is 11.5 Å². The Bertz CT molecular complexity index is 412. The summed E-state index contributed by atoms with van der Waals surface area (Å²) in [5.41, 5.74) is 8.10. The molecule has 102 valence electrons. The summed E-state index contributed by atoms with van der Waals surface area (Å²) in [6, 6.07) is 0.609. The Morgan fingerprint density at radius 1 is 1.28 bits per heavy atom. The molecule has 1 atom stereocenters. The summed E-state index contributed by atoms with van der Waals surface area (Å²) < 4.78 is 1.94. The molecule has 2 N–H and O–H groups in total. The topological polar surface area (TPSA) is 50.3 Å². The molecule has 0 radical (unpaired) electrons. The molecule has 1 aromatic heterocycles. The van der Waals surface area contributed by atoms with Crippen molar-refractivity contribution in [1.82, 2.24) is 14.7 Å². The Labute approximate surface area is 110 Å². The molecule has 1 aliphatic rings. The van der Waals surface area contributed by atoms with Crippen molar-refractivity contribution in [2.24, 2.45) is 7.05 Å². The van der Waals surface area contributed by atoms with Crippen LogP contribution in [0.3, 0.4) is 0 Å². The van der Waals surface area contributed by atoms with Gasteiger partial charge in [0.1, 0.15) is 0 Å². The summed E-state index contributed by atoms with van der Waals surface area (Å²) in [6.07, 6.45) is 2.07. The van der Waals surface area contributed by atoms with E-state index in [1.807, 2.05) is 11.7 Å². The second-order valence-electron chi connectivity index (χ2n) is 5.15. The summed E-state index contributed by atoms with van der Waals surface area (Å²) in [6.45, 7) is 7.50. The first kappa shape index (κ1) is 13.2. The quantitative estimate of drug-likeness (QED) is 0.874. The number of hydrogen-bond acceptors (Lipinski definition) is 4. The number of nitrogens with zero attached hydrogens (tertiary/aromatic N) is 4. The maximum absolute atomic E-state index is 6.23. The molecule has 0 aliphatic carbocycles. The second-order valence-corrected chi connectivity index (χ2v) is 5.15. The predicted octanol–water partition coefficient (Wildman–Crippen LogP) is 1.10. The van der Waals surface area contributed by atoms with E-state index >= 15 is 0 Å². The number of nitrogen functional groups attached to an aromatic ring is 1. The highest BCUT2D eigenvalue weighted by atomic mass is 15.4. The van der Waals surface area contributed by atoms with Crippen LogP contribution >= 0.6 is 0 Å². The third-order valence-corrected chi connectivity index (χ3v) is 4.01. The Hall–Kier alpha value is -1.23. The van der Waals surface area contributed by atoms with Crippen LogP contribution < -0.4 is 10.6 Å². The fourth-order valence-electron chi connectivity index (χ4n) is 2.80. The minimum Gasteiger partial charge on any atom is -0.394 e. The number of aromatic nitrogens is 2. The van der Waals surface area contributed by atoms with Crippen molar-refractivity contribution in [3.63, 3.8) is 0 Å². The molecule has 2 heterocycles. The third-order valence-electron chi connectivity index (χ3n) is 4.01. The summed E-state index contributed by atoms with van der Waals surface area (Å²) in [4.78, 5) is 4.82. The van der Waals surface area contributed by atoms with Crippen LogP contribution in [0.2, 0.25) is 0 Å². The lowest BCUT2D eigenvalue weighted by molar-refractivity contribution is 0.212. The van der Waals surface area contributed by atoms with E-state index in [0.29, 0.717) is 6.04 Å². The molecule has 1 fully saturated rings. The minimum atomic E-state index is 0.609. The van der Waals surface area contributed by atoms with Gasteiger partial charge >= 0.3 is 0 Å². The molecule has 1 aromatic rings. The van der Waals surface area contributed by atoms with Crippen molar-refractivity contribution < 1.29 is 0 Å². The van der Waals surface area contributed by atoms with Crippen molar-refractivity contribution in [3.05, 3.63) is 5.69 Å².